The molecule has 1 aliphatic heterocycles. The first-order valence-electron chi connectivity index (χ1n) is 10.9. The van der Waals surface area contributed by atoms with Crippen molar-refractivity contribution < 1.29 is 14.3 Å². The Labute approximate surface area is 156 Å². The number of hydrogen-bond acceptors (Lipinski definition) is 3. The van der Waals surface area contributed by atoms with Crippen LogP contribution in [-0.4, -0.2) is 22.9 Å². The summed E-state index contributed by atoms with van der Waals surface area (Å²) in [5.74, 6) is 2.82. The fourth-order valence-electron chi connectivity index (χ4n) is 8.64. The molecule has 4 aliphatic carbocycles. The molecular formula is C23H32O3. The number of epoxide rings is 1. The van der Waals surface area contributed by atoms with Crippen molar-refractivity contribution >= 4 is 0 Å². The Morgan fingerprint density at radius 3 is 2.73 bits per heavy atom. The number of rotatable bonds is 1. The average molecular weight is 357 g/mol. The summed E-state index contributed by atoms with van der Waals surface area (Å²) in [6.07, 6.45) is 13.9. The molecule has 1 saturated heterocycles. The van der Waals surface area contributed by atoms with E-state index in [-0.39, 0.29) is 17.1 Å². The van der Waals surface area contributed by atoms with Crippen molar-refractivity contribution in [3.63, 3.8) is 0 Å². The van der Waals surface area contributed by atoms with Crippen molar-refractivity contribution in [2.45, 2.75) is 88.9 Å². The summed E-state index contributed by atoms with van der Waals surface area (Å²) < 4.78 is 12.0. The number of fused-ring (bicyclic) bond motifs is 3. The van der Waals surface area contributed by atoms with Gasteiger partial charge in [0.1, 0.15) is 5.60 Å². The highest BCUT2D eigenvalue weighted by Crippen LogP contribution is 2.77. The second-order valence-corrected chi connectivity index (χ2v) is 10.6. The molecule has 0 aromatic carbocycles. The molecule has 1 spiro atoms. The molecule has 3 heteroatoms. The lowest BCUT2D eigenvalue weighted by Crippen LogP contribution is -2.58. The van der Waals surface area contributed by atoms with E-state index in [1.165, 1.54) is 44.1 Å². The van der Waals surface area contributed by atoms with Crippen molar-refractivity contribution in [2.75, 3.05) is 0 Å². The third kappa shape index (κ3) is 1.73. The molecule has 4 saturated carbocycles. The molecular weight excluding hydrogens is 324 g/mol. The predicted molar refractivity (Wildman–Crippen MR) is 98.7 cm³/mol. The zero-order valence-corrected chi connectivity index (χ0v) is 16.1. The van der Waals surface area contributed by atoms with Gasteiger partial charge in [-0.1, -0.05) is 13.8 Å². The third-order valence-corrected chi connectivity index (χ3v) is 10.0. The number of furan rings is 1. The van der Waals surface area contributed by atoms with Gasteiger partial charge in [0.2, 0.25) is 0 Å². The Morgan fingerprint density at radius 1 is 1.04 bits per heavy atom. The fourth-order valence-corrected chi connectivity index (χ4v) is 8.64. The number of aliphatic hydroxyl groups is 1. The highest BCUT2D eigenvalue weighted by molar-refractivity contribution is 5.35. The molecule has 3 nitrogen and oxygen atoms in total. The van der Waals surface area contributed by atoms with Crippen molar-refractivity contribution in [2.24, 2.45) is 28.6 Å². The van der Waals surface area contributed by atoms with E-state index >= 15 is 0 Å². The number of ether oxygens (including phenoxy) is 1. The predicted octanol–water partition coefficient (Wildman–Crippen LogP) is 4.90. The lowest BCUT2D eigenvalue weighted by atomic mass is 9.44. The molecule has 26 heavy (non-hydrogen) atoms. The van der Waals surface area contributed by atoms with E-state index in [0.717, 1.165) is 30.6 Å². The van der Waals surface area contributed by atoms with Gasteiger partial charge in [0.25, 0.3) is 0 Å². The molecule has 1 aromatic rings. The zero-order chi connectivity index (χ0) is 17.7. The van der Waals surface area contributed by atoms with Crippen LogP contribution in [0.25, 0.3) is 0 Å². The average Bonchev–Trinajstić information content (AvgIpc) is 2.99. The van der Waals surface area contributed by atoms with Gasteiger partial charge in [-0.25, -0.2) is 0 Å². The van der Waals surface area contributed by atoms with Crippen molar-refractivity contribution in [1.29, 1.82) is 0 Å². The molecule has 2 heterocycles. The Morgan fingerprint density at radius 2 is 1.92 bits per heavy atom. The van der Waals surface area contributed by atoms with Crippen molar-refractivity contribution in [1.82, 2.24) is 0 Å². The van der Waals surface area contributed by atoms with E-state index in [4.69, 9.17) is 9.15 Å². The van der Waals surface area contributed by atoms with Crippen LogP contribution in [0.5, 0.6) is 0 Å². The fraction of sp³-hybridized carbons (Fsp3) is 0.826. The van der Waals surface area contributed by atoms with Crippen LogP contribution in [0, 0.1) is 28.6 Å². The summed E-state index contributed by atoms with van der Waals surface area (Å²) >= 11 is 0. The van der Waals surface area contributed by atoms with E-state index in [0.29, 0.717) is 17.4 Å². The second-order valence-electron chi connectivity index (χ2n) is 10.6. The minimum atomic E-state index is -0.0569. The van der Waals surface area contributed by atoms with Gasteiger partial charge in [0, 0.05) is 5.41 Å². The van der Waals surface area contributed by atoms with E-state index in [1.807, 2.05) is 12.5 Å². The second kappa shape index (κ2) is 4.97. The molecule has 0 radical (unpaired) electrons. The van der Waals surface area contributed by atoms with Gasteiger partial charge in [-0.2, -0.15) is 0 Å². The lowest BCUT2D eigenvalue weighted by molar-refractivity contribution is -0.139. The van der Waals surface area contributed by atoms with Crippen LogP contribution in [0.1, 0.15) is 76.7 Å². The normalized spacial score (nSPS) is 57.7. The third-order valence-electron chi connectivity index (χ3n) is 10.0. The molecule has 6 rings (SSSR count). The minimum absolute atomic E-state index is 0.0569. The molecule has 1 N–H and O–H groups in total. The highest BCUT2D eigenvalue weighted by atomic mass is 16.6. The first-order chi connectivity index (χ1) is 12.5. The molecule has 9 atom stereocenters. The smallest absolute Gasteiger partial charge is 0.104 e. The molecule has 0 bridgehead atoms. The van der Waals surface area contributed by atoms with Gasteiger partial charge in [-0.3, -0.25) is 0 Å². The van der Waals surface area contributed by atoms with E-state index in [2.05, 4.69) is 19.9 Å². The minimum Gasteiger partial charge on any atom is -0.472 e. The topological polar surface area (TPSA) is 45.9 Å². The Balaban J connectivity index is 1.37. The van der Waals surface area contributed by atoms with Gasteiger partial charge in [0.15, 0.2) is 0 Å². The summed E-state index contributed by atoms with van der Waals surface area (Å²) in [5.41, 5.74) is 2.20. The van der Waals surface area contributed by atoms with E-state index in [1.54, 1.807) is 0 Å². The van der Waals surface area contributed by atoms with E-state index < -0.39 is 0 Å². The SMILES string of the molecule is C[C@]12CC[C@H](O)C[C@@H]1CC[C@@H]1[C@@H]2CC[C@]2(C)[C@@H](c3ccoc3)C[C@H]3O[C@]132. The quantitative estimate of drug-likeness (QED) is 0.728. The largest absolute Gasteiger partial charge is 0.472 e. The van der Waals surface area contributed by atoms with Gasteiger partial charge < -0.3 is 14.3 Å². The lowest BCUT2D eigenvalue weighted by Gasteiger charge is -2.61. The van der Waals surface area contributed by atoms with Crippen LogP contribution in [0.3, 0.4) is 0 Å². The zero-order valence-electron chi connectivity index (χ0n) is 16.1. The van der Waals surface area contributed by atoms with Crippen LogP contribution in [0.2, 0.25) is 0 Å². The highest BCUT2D eigenvalue weighted by Gasteiger charge is 2.80. The van der Waals surface area contributed by atoms with Crippen LogP contribution in [0.15, 0.2) is 23.0 Å². The first-order valence-corrected chi connectivity index (χ1v) is 10.9. The van der Waals surface area contributed by atoms with Crippen molar-refractivity contribution in [3.8, 4) is 0 Å². The summed E-state index contributed by atoms with van der Waals surface area (Å²) in [6, 6.07) is 2.18. The molecule has 0 unspecified atom stereocenters. The Kier molecular flexibility index (Phi) is 3.09. The molecule has 5 fully saturated rings. The van der Waals surface area contributed by atoms with Crippen LogP contribution < -0.4 is 0 Å². The first kappa shape index (κ1) is 16.2. The monoisotopic (exact) mass is 356 g/mol. The van der Waals surface area contributed by atoms with Gasteiger partial charge >= 0.3 is 0 Å². The van der Waals surface area contributed by atoms with Gasteiger partial charge in [0.05, 0.1) is 24.7 Å². The van der Waals surface area contributed by atoms with Crippen molar-refractivity contribution in [3.05, 3.63) is 24.2 Å². The van der Waals surface area contributed by atoms with Crippen LogP contribution in [-0.2, 0) is 4.74 Å². The van der Waals surface area contributed by atoms with Crippen LogP contribution >= 0.6 is 0 Å². The van der Waals surface area contributed by atoms with Gasteiger partial charge in [-0.05, 0) is 92.1 Å². The maximum atomic E-state index is 10.2. The molecule has 5 aliphatic rings. The standard InChI is InChI=1S/C23H32O3/c1-21-8-5-16(24)11-15(21)3-4-18-17(21)6-9-22(2)19(14-7-10-25-13-14)12-20-23(18,22)26-20/h7,10,13,15-20,24H,3-6,8-9,11-12H2,1-2H3/t15-,16-,17-,18+,19+,20+,21-,22+,23+/m0/s1. The maximum absolute atomic E-state index is 10.2. The Hall–Kier alpha value is -0.800. The Bertz CT molecular complexity index is 713. The van der Waals surface area contributed by atoms with Crippen LogP contribution in [0.4, 0.5) is 0 Å². The summed E-state index contributed by atoms with van der Waals surface area (Å²) in [6.45, 7) is 5.08. The summed E-state index contributed by atoms with van der Waals surface area (Å²) in [5, 5.41) is 10.2. The summed E-state index contributed by atoms with van der Waals surface area (Å²) in [7, 11) is 0. The molecule has 0 amide bonds. The molecule has 142 valence electrons. The number of aliphatic hydroxyl groups excluding tert-OH is 1. The molecule has 1 aromatic heterocycles. The number of hydrogen-bond donors (Lipinski definition) is 1. The van der Waals surface area contributed by atoms with E-state index in [9.17, 15) is 5.11 Å². The van der Waals surface area contributed by atoms with Gasteiger partial charge in [-0.15, -0.1) is 0 Å². The summed E-state index contributed by atoms with van der Waals surface area (Å²) in [4.78, 5) is 0. The maximum Gasteiger partial charge on any atom is 0.104 e.